The Morgan fingerprint density at radius 3 is 1.86 bits per heavy atom. The minimum atomic E-state index is -0.305. The molecule has 0 saturated carbocycles. The maximum absolute atomic E-state index is 6.85. The van der Waals surface area contributed by atoms with Crippen molar-refractivity contribution in [2.75, 3.05) is 0 Å². The van der Waals surface area contributed by atoms with E-state index in [1.165, 1.54) is 21.9 Å². The number of fused-ring (bicyclic) bond motifs is 6. The summed E-state index contributed by atoms with van der Waals surface area (Å²) >= 11 is 0. The van der Waals surface area contributed by atoms with Crippen LogP contribution in [0.4, 0.5) is 0 Å². The monoisotopic (exact) mass is 653 g/mol. The van der Waals surface area contributed by atoms with Crippen molar-refractivity contribution in [2.24, 2.45) is 9.98 Å². The first kappa shape index (κ1) is 29.2. The van der Waals surface area contributed by atoms with Gasteiger partial charge >= 0.3 is 0 Å². The Balaban J connectivity index is 1.27. The predicted molar refractivity (Wildman–Crippen MR) is 211 cm³/mol. The molecule has 9 aromatic rings. The largest absolute Gasteiger partial charge is 0.455 e. The molecule has 4 heteroatoms. The van der Waals surface area contributed by atoms with E-state index < -0.39 is 0 Å². The molecule has 1 N–H and O–H groups in total. The highest BCUT2D eigenvalue weighted by Gasteiger charge is 2.24. The Kier molecular flexibility index (Phi) is 6.85. The van der Waals surface area contributed by atoms with Crippen molar-refractivity contribution >= 4 is 55.2 Å². The second-order valence-electron chi connectivity index (χ2n) is 13.0. The van der Waals surface area contributed by atoms with Crippen molar-refractivity contribution in [3.8, 4) is 22.3 Å². The molecule has 51 heavy (non-hydrogen) atoms. The van der Waals surface area contributed by atoms with Gasteiger partial charge in [-0.1, -0.05) is 158 Å². The lowest BCUT2D eigenvalue weighted by atomic mass is 9.90. The molecule has 4 nitrogen and oxygen atoms in total. The molecule has 0 saturated heterocycles. The van der Waals surface area contributed by atoms with E-state index in [2.05, 4.69) is 157 Å². The summed E-state index contributed by atoms with van der Waals surface area (Å²) < 4.78 is 6.85. The topological polar surface area (TPSA) is 49.9 Å². The van der Waals surface area contributed by atoms with Gasteiger partial charge in [0.25, 0.3) is 0 Å². The fourth-order valence-corrected chi connectivity index (χ4v) is 7.51. The van der Waals surface area contributed by atoms with Crippen LogP contribution in [0, 0.1) is 0 Å². The number of hydrogen-bond acceptors (Lipinski definition) is 4. The Bertz CT molecular complexity index is 2820. The second kappa shape index (κ2) is 12.0. The standard InChI is InChI=1S/C47H31N3O/c1-4-14-30(15-5-1)35-25-26-39(38-23-13-12-22-37(35)38)40-28-34(29-41-43-36-21-11-10-16-31(36)24-27-42(43)51-44(40)41)47-49-45(32-17-6-2-7-18-32)48-46(50-47)33-19-8-3-9-20-33/h1-29,45H,(H,48,49,50). The summed E-state index contributed by atoms with van der Waals surface area (Å²) in [5, 5.41) is 10.4. The van der Waals surface area contributed by atoms with E-state index in [9.17, 15) is 0 Å². The zero-order chi connectivity index (χ0) is 33.7. The Hall–Kier alpha value is -6.78. The minimum Gasteiger partial charge on any atom is -0.455 e. The van der Waals surface area contributed by atoms with Gasteiger partial charge in [0.15, 0.2) is 5.84 Å². The van der Waals surface area contributed by atoms with Crippen LogP contribution in [0.2, 0.25) is 0 Å². The number of hydrogen-bond donors (Lipinski definition) is 1. The highest BCUT2D eigenvalue weighted by atomic mass is 16.3. The van der Waals surface area contributed by atoms with Gasteiger partial charge in [0.2, 0.25) is 0 Å². The lowest BCUT2D eigenvalue weighted by Gasteiger charge is -2.24. The van der Waals surface area contributed by atoms with E-state index in [0.29, 0.717) is 5.84 Å². The third-order valence-electron chi connectivity index (χ3n) is 9.92. The summed E-state index contributed by atoms with van der Waals surface area (Å²) in [5.41, 5.74) is 9.21. The van der Waals surface area contributed by atoms with Gasteiger partial charge in [0.1, 0.15) is 23.2 Å². The number of aliphatic imine (C=N–C) groups is 2. The van der Waals surface area contributed by atoms with E-state index in [-0.39, 0.29) is 6.17 Å². The fourth-order valence-electron chi connectivity index (χ4n) is 7.51. The molecule has 1 aliphatic rings. The summed E-state index contributed by atoms with van der Waals surface area (Å²) in [4.78, 5) is 10.5. The molecule has 0 spiro atoms. The van der Waals surface area contributed by atoms with E-state index in [0.717, 1.165) is 66.4 Å². The summed E-state index contributed by atoms with van der Waals surface area (Å²) in [5.74, 6) is 1.46. The highest BCUT2D eigenvalue weighted by Crippen LogP contribution is 2.43. The second-order valence-corrected chi connectivity index (χ2v) is 13.0. The third kappa shape index (κ3) is 5.00. The lowest BCUT2D eigenvalue weighted by molar-refractivity contribution is 0.670. The van der Waals surface area contributed by atoms with Crippen LogP contribution in [0.1, 0.15) is 22.9 Å². The van der Waals surface area contributed by atoms with Crippen molar-refractivity contribution in [3.63, 3.8) is 0 Å². The summed E-state index contributed by atoms with van der Waals surface area (Å²) in [6.45, 7) is 0. The third-order valence-corrected chi connectivity index (χ3v) is 9.92. The molecule has 1 atom stereocenters. The van der Waals surface area contributed by atoms with Crippen LogP contribution in [-0.4, -0.2) is 11.7 Å². The molecule has 2 heterocycles. The van der Waals surface area contributed by atoms with E-state index in [1.807, 2.05) is 24.3 Å². The Morgan fingerprint density at radius 1 is 0.471 bits per heavy atom. The summed E-state index contributed by atoms with van der Waals surface area (Å²) in [6.07, 6.45) is -0.305. The molecule has 0 amide bonds. The first-order chi connectivity index (χ1) is 25.3. The van der Waals surface area contributed by atoms with Gasteiger partial charge in [0.05, 0.1) is 0 Å². The number of amidine groups is 2. The number of rotatable bonds is 5. The molecule has 0 fully saturated rings. The molecular weight excluding hydrogens is 623 g/mol. The lowest BCUT2D eigenvalue weighted by Crippen LogP contribution is -2.33. The molecule has 0 radical (unpaired) electrons. The first-order valence-corrected chi connectivity index (χ1v) is 17.3. The zero-order valence-corrected chi connectivity index (χ0v) is 27.6. The summed E-state index contributed by atoms with van der Waals surface area (Å²) in [6, 6.07) is 61.6. The van der Waals surface area contributed by atoms with Crippen molar-refractivity contribution < 1.29 is 4.42 Å². The van der Waals surface area contributed by atoms with Crippen molar-refractivity contribution in [1.82, 2.24) is 5.32 Å². The predicted octanol–water partition coefficient (Wildman–Crippen LogP) is 11.7. The fraction of sp³-hybridized carbons (Fsp3) is 0.0213. The van der Waals surface area contributed by atoms with E-state index >= 15 is 0 Å². The molecule has 0 bridgehead atoms. The van der Waals surface area contributed by atoms with Gasteiger partial charge < -0.3 is 9.73 Å². The van der Waals surface area contributed by atoms with Crippen LogP contribution < -0.4 is 5.32 Å². The van der Waals surface area contributed by atoms with Gasteiger partial charge in [-0.2, -0.15) is 0 Å². The van der Waals surface area contributed by atoms with Gasteiger partial charge in [-0.05, 0) is 62.0 Å². The molecule has 1 aromatic heterocycles. The summed E-state index contributed by atoms with van der Waals surface area (Å²) in [7, 11) is 0. The van der Waals surface area contributed by atoms with Gasteiger partial charge in [0, 0.05) is 27.5 Å². The van der Waals surface area contributed by atoms with Crippen LogP contribution in [-0.2, 0) is 0 Å². The number of furan rings is 1. The molecule has 0 aliphatic carbocycles. The van der Waals surface area contributed by atoms with Crippen LogP contribution in [0.15, 0.2) is 190 Å². The number of nitrogens with one attached hydrogen (secondary N) is 1. The minimum absolute atomic E-state index is 0.305. The van der Waals surface area contributed by atoms with Crippen LogP contribution in [0.3, 0.4) is 0 Å². The maximum Gasteiger partial charge on any atom is 0.159 e. The highest BCUT2D eigenvalue weighted by molar-refractivity contribution is 6.24. The smallest absolute Gasteiger partial charge is 0.159 e. The van der Waals surface area contributed by atoms with Crippen molar-refractivity contribution in [2.45, 2.75) is 6.17 Å². The number of benzene rings is 8. The SMILES string of the molecule is c1ccc(C2=NC(c3cc(-c4ccc(-c5ccccc5)c5ccccc45)c4oc5ccc6ccccc6c5c4c3)=NC(c3ccccc3)N2)cc1. The van der Waals surface area contributed by atoms with Crippen LogP contribution in [0.25, 0.3) is 65.7 Å². The van der Waals surface area contributed by atoms with Crippen LogP contribution >= 0.6 is 0 Å². The van der Waals surface area contributed by atoms with Crippen LogP contribution in [0.5, 0.6) is 0 Å². The van der Waals surface area contributed by atoms with Gasteiger partial charge in [-0.15, -0.1) is 0 Å². The van der Waals surface area contributed by atoms with Gasteiger partial charge in [-0.3, -0.25) is 0 Å². The van der Waals surface area contributed by atoms with Crippen molar-refractivity contribution in [3.05, 3.63) is 193 Å². The Labute approximate surface area is 295 Å². The van der Waals surface area contributed by atoms with Gasteiger partial charge in [-0.25, -0.2) is 9.98 Å². The average molecular weight is 654 g/mol. The molecule has 1 aliphatic heterocycles. The van der Waals surface area contributed by atoms with E-state index in [4.69, 9.17) is 14.4 Å². The maximum atomic E-state index is 6.85. The van der Waals surface area contributed by atoms with E-state index in [1.54, 1.807) is 0 Å². The molecular formula is C47H31N3O. The Morgan fingerprint density at radius 2 is 1.10 bits per heavy atom. The molecule has 10 rings (SSSR count). The quantitative estimate of drug-likeness (QED) is 0.201. The first-order valence-electron chi connectivity index (χ1n) is 17.3. The molecule has 8 aromatic carbocycles. The zero-order valence-electron chi connectivity index (χ0n) is 27.6. The normalized spacial score (nSPS) is 14.5. The average Bonchev–Trinajstić information content (AvgIpc) is 3.60. The molecule has 1 unspecified atom stereocenters. The number of nitrogens with zero attached hydrogens (tertiary/aromatic N) is 2. The van der Waals surface area contributed by atoms with Crippen molar-refractivity contribution in [1.29, 1.82) is 0 Å². The molecule has 240 valence electrons.